The highest BCUT2D eigenvalue weighted by Gasteiger charge is 2.37. The number of hydrogen-bond acceptors (Lipinski definition) is 2. The second-order valence-electron chi connectivity index (χ2n) is 19.0. The molecule has 7 aromatic carbocycles. The molecule has 0 bridgehead atoms. The van der Waals surface area contributed by atoms with Crippen molar-refractivity contribution >= 4 is 32.8 Å². The Kier molecular flexibility index (Phi) is 5.86. The van der Waals surface area contributed by atoms with Crippen molar-refractivity contribution in [2.75, 3.05) is 0 Å². The van der Waals surface area contributed by atoms with Gasteiger partial charge in [0.25, 0.3) is 6.33 Å². The van der Waals surface area contributed by atoms with Gasteiger partial charge in [-0.3, -0.25) is 13.7 Å². The number of imidazole rings is 1. The summed E-state index contributed by atoms with van der Waals surface area (Å²) in [6.07, 6.45) is -1.62. The minimum Gasteiger partial charge on any atom is -0.458 e. The molecule has 3 heterocycles. The maximum Gasteiger partial charge on any atom is 0.269 e. The molecule has 5 nitrogen and oxygen atoms in total. The highest BCUT2D eigenvalue weighted by Crippen LogP contribution is 2.48. The molecular weight excluding hydrogens is 853 g/mol. The molecule has 70 heavy (non-hydrogen) atoms. The Hall–Kier alpha value is -7.24. The summed E-state index contributed by atoms with van der Waals surface area (Å²) < 4.78 is 238. The molecule has 2 aliphatic rings. The summed E-state index contributed by atoms with van der Waals surface area (Å²) in [6.45, 7) is -11.4. The highest BCUT2D eigenvalue weighted by molar-refractivity contribution is 6.09. The van der Waals surface area contributed by atoms with E-state index in [9.17, 15) is 11.0 Å². The molecule has 2 aliphatic carbocycles. The van der Waals surface area contributed by atoms with Gasteiger partial charge in [-0.1, -0.05) is 176 Å². The van der Waals surface area contributed by atoms with Crippen molar-refractivity contribution in [3.8, 4) is 50.9 Å². The van der Waals surface area contributed by atoms with E-state index >= 15 is 0 Å². The van der Waals surface area contributed by atoms with Gasteiger partial charge in [-0.15, -0.1) is 0 Å². The molecule has 3 aromatic heterocycles. The van der Waals surface area contributed by atoms with Crippen molar-refractivity contribution in [2.45, 2.75) is 109 Å². The fraction of sp³-hybridized carbons (Fsp3) is 0.262. The van der Waals surface area contributed by atoms with Gasteiger partial charge in [0.15, 0.2) is 0 Å². The van der Waals surface area contributed by atoms with Crippen LogP contribution in [0, 0.1) is 6.33 Å². The quantitative estimate of drug-likeness (QED) is 0.112. The Bertz CT molecular complexity index is 4770. The van der Waals surface area contributed by atoms with Gasteiger partial charge in [-0.25, -0.2) is 4.98 Å². The molecule has 0 saturated heterocycles. The first-order valence-corrected chi connectivity index (χ1v) is 23.2. The predicted molar refractivity (Wildman–Crippen MR) is 288 cm³/mol. The first-order valence-electron chi connectivity index (χ1n) is 35.7. The van der Waals surface area contributed by atoms with Gasteiger partial charge >= 0.3 is 0 Å². The summed E-state index contributed by atoms with van der Waals surface area (Å²) in [5, 5.41) is 1.70. The molecule has 0 N–H and O–H groups in total. The molecule has 1 saturated carbocycles. The van der Waals surface area contributed by atoms with Crippen LogP contribution in [0.15, 0.2) is 170 Å². The number of rotatable bonds is 8. The number of benzene rings is 7. The molecule has 0 spiro atoms. The average Bonchev–Trinajstić information content (AvgIpc) is 1.16. The van der Waals surface area contributed by atoms with E-state index in [-0.39, 0.29) is 22.4 Å². The van der Waals surface area contributed by atoms with Crippen molar-refractivity contribution < 1.29 is 43.6 Å². The molecule has 0 amide bonds. The van der Waals surface area contributed by atoms with E-state index in [1.165, 1.54) is 18.3 Å². The summed E-state index contributed by atoms with van der Waals surface area (Å²) in [7, 11) is 0. The van der Waals surface area contributed by atoms with Crippen LogP contribution in [0.4, 0.5) is 0 Å². The van der Waals surface area contributed by atoms with E-state index in [0.717, 1.165) is 29.1 Å². The van der Waals surface area contributed by atoms with E-state index in [1.54, 1.807) is 75.9 Å². The van der Waals surface area contributed by atoms with E-state index < -0.39 is 127 Å². The summed E-state index contributed by atoms with van der Waals surface area (Å²) in [5.74, 6) is -0.0169. The Morgan fingerprint density at radius 3 is 2.24 bits per heavy atom. The monoisotopic (exact) mass is 940 g/mol. The van der Waals surface area contributed by atoms with Crippen LogP contribution in [0.2, 0.25) is 0 Å². The van der Waals surface area contributed by atoms with Gasteiger partial charge in [-0.05, 0) is 129 Å². The van der Waals surface area contributed by atoms with Crippen molar-refractivity contribution in [1.29, 1.82) is 0 Å². The van der Waals surface area contributed by atoms with E-state index in [0.29, 0.717) is 63.5 Å². The van der Waals surface area contributed by atoms with Crippen LogP contribution in [0.5, 0.6) is 11.5 Å². The molecule has 1 fully saturated rings. The van der Waals surface area contributed by atoms with Crippen molar-refractivity contribution in [3.05, 3.63) is 198 Å². The lowest BCUT2D eigenvalue weighted by Crippen LogP contribution is -2.35. The standard InChI is InChI=1S/C65H62N4O/c1-63(2,3)55-27-18-26-49(45-31-34-54-56(37-45)65(6,7)36-35-64(54,4)5)62(55)68-42-67(58-29-15-16-30-59(58)68)46-23-17-24-47(38-46)70-48-32-33-51-50-25-13-14-28-57(50)69(60(51)39-48)61-40-52(43-21-11-12-22-43)53(41-66-61)44-19-9-8-10-20-44/h8-10,13-20,23-34,37-41,43H,11-12,21-22,35-36H2,1-7H3/i4D3,5D3,6D3,7D3,8D,9D,10D,19D,20D,31D,34D,35D2,36D2,37D,43D. The average molecular weight is 940 g/mol. The van der Waals surface area contributed by atoms with Crippen LogP contribution < -0.4 is 9.30 Å². The van der Waals surface area contributed by atoms with Crippen LogP contribution in [0.3, 0.4) is 0 Å². The van der Waals surface area contributed by atoms with Gasteiger partial charge in [-0.2, -0.15) is 0 Å². The highest BCUT2D eigenvalue weighted by atomic mass is 16.5. The SMILES string of the molecule is [2H]c1c([2H])c([2H])c(-c2cnc(-n3c4ccccc4c4ccc(Oc5cccc(-n6[c-][n+](-c7c(-c8c([2H])c([2H])c9c(c8[2H])C(C([2H])([2H])[2H])(C([2H])([2H])[2H])C([2H])([2H])C([2H])([2H])C9(C([2H])([2H])[2H])C([2H])([2H])[2H])cccc7C(C)(C)C)c7ccccc76)c5)cc43)cc2C2([2H])CCCC2)c([2H])c1[2H]. The Balaban J connectivity index is 1.03. The molecule has 0 radical (unpaired) electrons. The number of para-hydroxylation sites is 4. The largest absolute Gasteiger partial charge is 0.458 e. The van der Waals surface area contributed by atoms with Crippen molar-refractivity contribution in [2.24, 2.45) is 0 Å². The van der Waals surface area contributed by atoms with Crippen LogP contribution in [0.1, 0.15) is 149 Å². The lowest BCUT2D eigenvalue weighted by Gasteiger charge is -2.42. The summed E-state index contributed by atoms with van der Waals surface area (Å²) in [5.41, 5.74) is -9.30. The molecule has 0 unspecified atom stereocenters. The summed E-state index contributed by atoms with van der Waals surface area (Å²) in [4.78, 5) is 4.92. The number of fused-ring (bicyclic) bond motifs is 5. The minimum atomic E-state index is -4.51. The molecular formula is C65H62N4O. The molecule has 0 aliphatic heterocycles. The van der Waals surface area contributed by atoms with Gasteiger partial charge in [0, 0.05) is 51.9 Å². The molecule has 10 aromatic rings. The second kappa shape index (κ2) is 16.7. The molecule has 348 valence electrons. The lowest BCUT2D eigenvalue weighted by atomic mass is 9.63. The number of ether oxygens (including phenoxy) is 1. The fourth-order valence-electron chi connectivity index (χ4n) is 10.0. The third-order valence-electron chi connectivity index (χ3n) is 13.3. The van der Waals surface area contributed by atoms with Gasteiger partial charge in [0.1, 0.15) is 17.3 Å². The van der Waals surface area contributed by atoms with Crippen molar-refractivity contribution in [1.82, 2.24) is 14.1 Å². The van der Waals surface area contributed by atoms with Gasteiger partial charge in [0.2, 0.25) is 0 Å². The zero-order valence-electron chi connectivity index (χ0n) is 63.6. The second-order valence-corrected chi connectivity index (χ2v) is 19.0. The summed E-state index contributed by atoms with van der Waals surface area (Å²) >= 11 is 0. The Morgan fingerprint density at radius 1 is 0.714 bits per heavy atom. The van der Waals surface area contributed by atoms with Crippen LogP contribution in [0.25, 0.3) is 72.3 Å². The number of aromatic nitrogens is 4. The van der Waals surface area contributed by atoms with Gasteiger partial charge < -0.3 is 4.74 Å². The zero-order chi connectivity index (χ0) is 69.4. The predicted octanol–water partition coefficient (Wildman–Crippen LogP) is 16.6. The first kappa shape index (κ1) is 24.5. The van der Waals surface area contributed by atoms with Gasteiger partial charge in [0.05, 0.1) is 44.4 Å². The van der Waals surface area contributed by atoms with Crippen LogP contribution in [-0.2, 0) is 16.2 Å². The molecule has 12 rings (SSSR count). The normalized spacial score (nSPS) is 23.6. The number of nitrogens with zero attached hydrogens (tertiary/aromatic N) is 4. The molecule has 5 heteroatoms. The summed E-state index contributed by atoms with van der Waals surface area (Å²) in [6, 6.07) is 27.5. The maximum absolute atomic E-state index is 10.1. The van der Waals surface area contributed by atoms with Crippen molar-refractivity contribution in [3.63, 3.8) is 0 Å². The van der Waals surface area contributed by atoms with E-state index in [4.69, 9.17) is 33.0 Å². The first-order chi connectivity index (χ1) is 44.0. The maximum atomic E-state index is 10.1. The third-order valence-corrected chi connectivity index (χ3v) is 13.3. The van der Waals surface area contributed by atoms with E-state index in [2.05, 4.69) is 6.33 Å². The van der Waals surface area contributed by atoms with Crippen LogP contribution >= 0.6 is 0 Å². The topological polar surface area (TPSA) is 35.9 Å². The zero-order valence-corrected chi connectivity index (χ0v) is 38.6. The van der Waals surface area contributed by atoms with E-state index in [1.807, 2.05) is 61.7 Å². The number of pyridine rings is 1. The Labute approximate surface area is 448 Å². The Morgan fingerprint density at radius 2 is 1.44 bits per heavy atom. The number of hydrogen-bond donors (Lipinski definition) is 0. The lowest BCUT2D eigenvalue weighted by molar-refractivity contribution is -0.572. The smallest absolute Gasteiger partial charge is 0.269 e. The fourth-order valence-corrected chi connectivity index (χ4v) is 10.0. The van der Waals surface area contributed by atoms with Crippen LogP contribution in [-0.4, -0.2) is 14.1 Å². The minimum absolute atomic E-state index is 0.0355. The third kappa shape index (κ3) is 7.53. The molecule has 0 atom stereocenters.